The Balaban J connectivity index is 2.11. The second-order valence-corrected chi connectivity index (χ2v) is 4.33. The predicted molar refractivity (Wildman–Crippen MR) is 59.8 cm³/mol. The quantitative estimate of drug-likeness (QED) is 0.861. The Morgan fingerprint density at radius 1 is 1.47 bits per heavy atom. The maximum atomic E-state index is 9.92. The summed E-state index contributed by atoms with van der Waals surface area (Å²) in [6.45, 7) is 1.92. The molecule has 0 saturated heterocycles. The van der Waals surface area contributed by atoms with E-state index in [1.165, 1.54) is 0 Å². The Hall–Kier alpha value is -1.26. The smallest absolute Gasteiger partial charge is 0.102 e. The third kappa shape index (κ3) is 2.61. The number of aryl methyl sites for hydroxylation is 1. The molecular weight excluding hydrogens is 208 g/mol. The molecule has 0 radical (unpaired) electrons. The van der Waals surface area contributed by atoms with Crippen molar-refractivity contribution in [2.75, 3.05) is 0 Å². The van der Waals surface area contributed by atoms with Gasteiger partial charge in [0.25, 0.3) is 0 Å². The van der Waals surface area contributed by atoms with Crippen molar-refractivity contribution in [3.05, 3.63) is 46.2 Å². The van der Waals surface area contributed by atoms with E-state index in [1.807, 2.05) is 30.5 Å². The fraction of sp³-hybridized carbons (Fsp3) is 0.273. The molecule has 2 heterocycles. The van der Waals surface area contributed by atoms with Crippen LogP contribution in [-0.2, 0) is 6.42 Å². The summed E-state index contributed by atoms with van der Waals surface area (Å²) < 4.78 is 0. The summed E-state index contributed by atoms with van der Waals surface area (Å²) in [6.07, 6.45) is 1.72. The highest BCUT2D eigenvalue weighted by molar-refractivity contribution is 7.09. The maximum Gasteiger partial charge on any atom is 0.102 e. The van der Waals surface area contributed by atoms with Gasteiger partial charge < -0.3 is 5.11 Å². The molecule has 15 heavy (non-hydrogen) atoms. The Morgan fingerprint density at radius 2 is 2.33 bits per heavy atom. The number of aliphatic hydroxyl groups is 1. The molecule has 3 nitrogen and oxygen atoms in total. The first kappa shape index (κ1) is 10.3. The third-order valence-corrected chi connectivity index (χ3v) is 2.90. The number of nitrogens with zero attached hydrogens (tertiary/aromatic N) is 2. The van der Waals surface area contributed by atoms with Gasteiger partial charge >= 0.3 is 0 Å². The van der Waals surface area contributed by atoms with Crippen LogP contribution in [0, 0.1) is 6.92 Å². The molecule has 0 bridgehead atoms. The van der Waals surface area contributed by atoms with Gasteiger partial charge in [0.1, 0.15) is 6.10 Å². The summed E-state index contributed by atoms with van der Waals surface area (Å²) in [5.74, 6) is 0. The maximum absolute atomic E-state index is 9.92. The van der Waals surface area contributed by atoms with Crippen LogP contribution >= 0.6 is 11.3 Å². The van der Waals surface area contributed by atoms with Gasteiger partial charge in [-0.3, -0.25) is 4.98 Å². The van der Waals surface area contributed by atoms with Crippen LogP contribution in [0.25, 0.3) is 0 Å². The summed E-state index contributed by atoms with van der Waals surface area (Å²) in [7, 11) is 0. The van der Waals surface area contributed by atoms with Crippen molar-refractivity contribution in [2.24, 2.45) is 0 Å². The highest BCUT2D eigenvalue weighted by Crippen LogP contribution is 2.17. The topological polar surface area (TPSA) is 46.0 Å². The molecule has 1 atom stereocenters. The molecule has 0 aliphatic rings. The molecule has 2 aromatic heterocycles. The summed E-state index contributed by atoms with van der Waals surface area (Å²) in [4.78, 5) is 8.42. The van der Waals surface area contributed by atoms with E-state index in [9.17, 15) is 5.11 Å². The number of aromatic nitrogens is 2. The van der Waals surface area contributed by atoms with Crippen LogP contribution < -0.4 is 0 Å². The Bertz CT molecular complexity index is 428. The van der Waals surface area contributed by atoms with E-state index < -0.39 is 6.10 Å². The van der Waals surface area contributed by atoms with Crippen LogP contribution in [0.5, 0.6) is 0 Å². The van der Waals surface area contributed by atoms with Gasteiger partial charge in [-0.1, -0.05) is 6.07 Å². The van der Waals surface area contributed by atoms with Crippen LogP contribution in [0.3, 0.4) is 0 Å². The number of hydrogen-bond acceptors (Lipinski definition) is 4. The largest absolute Gasteiger partial charge is 0.386 e. The summed E-state index contributed by atoms with van der Waals surface area (Å²) >= 11 is 1.55. The molecule has 0 aromatic carbocycles. The van der Waals surface area contributed by atoms with Gasteiger partial charge in [0, 0.05) is 23.7 Å². The first-order chi connectivity index (χ1) is 7.25. The summed E-state index contributed by atoms with van der Waals surface area (Å²) in [5, 5.41) is 12.8. The van der Waals surface area contributed by atoms with E-state index >= 15 is 0 Å². The zero-order chi connectivity index (χ0) is 10.7. The molecule has 0 aliphatic heterocycles. The van der Waals surface area contributed by atoms with Gasteiger partial charge in [-0.25, -0.2) is 4.98 Å². The average molecular weight is 220 g/mol. The monoisotopic (exact) mass is 220 g/mol. The van der Waals surface area contributed by atoms with Crippen molar-refractivity contribution in [3.8, 4) is 0 Å². The minimum Gasteiger partial charge on any atom is -0.386 e. The van der Waals surface area contributed by atoms with Gasteiger partial charge in [0.15, 0.2) is 0 Å². The molecular formula is C11H12N2OS. The fourth-order valence-corrected chi connectivity index (χ4v) is 2.03. The van der Waals surface area contributed by atoms with E-state index in [0.29, 0.717) is 12.1 Å². The molecule has 0 spiro atoms. The van der Waals surface area contributed by atoms with Crippen molar-refractivity contribution >= 4 is 11.3 Å². The average Bonchev–Trinajstić information content (AvgIpc) is 2.70. The lowest BCUT2D eigenvalue weighted by Gasteiger charge is -2.08. The van der Waals surface area contributed by atoms with Crippen molar-refractivity contribution in [1.29, 1.82) is 0 Å². The van der Waals surface area contributed by atoms with Gasteiger partial charge in [-0.2, -0.15) is 0 Å². The molecule has 78 valence electrons. The second kappa shape index (κ2) is 4.51. The Kier molecular flexibility index (Phi) is 3.08. The number of thiazole rings is 1. The fourth-order valence-electron chi connectivity index (χ4n) is 1.37. The number of hydrogen-bond donors (Lipinski definition) is 1. The molecule has 2 rings (SSSR count). The summed E-state index contributed by atoms with van der Waals surface area (Å²) in [6, 6.07) is 5.66. The number of aliphatic hydroxyl groups excluding tert-OH is 1. The highest BCUT2D eigenvalue weighted by Gasteiger charge is 2.11. The number of rotatable bonds is 3. The zero-order valence-corrected chi connectivity index (χ0v) is 9.24. The van der Waals surface area contributed by atoms with Crippen LogP contribution in [-0.4, -0.2) is 15.1 Å². The third-order valence-electron chi connectivity index (χ3n) is 2.10. The molecule has 0 aliphatic carbocycles. The Morgan fingerprint density at radius 3 is 3.00 bits per heavy atom. The van der Waals surface area contributed by atoms with E-state index in [0.717, 1.165) is 10.7 Å². The second-order valence-electron chi connectivity index (χ2n) is 3.35. The van der Waals surface area contributed by atoms with E-state index in [1.54, 1.807) is 17.5 Å². The lowest BCUT2D eigenvalue weighted by Crippen LogP contribution is -2.04. The molecule has 4 heteroatoms. The van der Waals surface area contributed by atoms with Gasteiger partial charge in [-0.15, -0.1) is 11.3 Å². The standard InChI is InChI=1S/C11H12N2OS/c1-8-3-2-4-9(13-8)10(14)7-11-12-5-6-15-11/h2-6,10,14H,7H2,1H3. The van der Waals surface area contributed by atoms with Gasteiger partial charge in [0.2, 0.25) is 0 Å². The van der Waals surface area contributed by atoms with Crippen LogP contribution in [0.2, 0.25) is 0 Å². The zero-order valence-electron chi connectivity index (χ0n) is 8.42. The Labute approximate surface area is 92.5 Å². The lowest BCUT2D eigenvalue weighted by atomic mass is 10.1. The first-order valence-corrected chi connectivity index (χ1v) is 5.63. The summed E-state index contributed by atoms with van der Waals surface area (Å²) in [5.41, 5.74) is 1.64. The molecule has 1 N–H and O–H groups in total. The van der Waals surface area contributed by atoms with Crippen LogP contribution in [0.1, 0.15) is 22.5 Å². The van der Waals surface area contributed by atoms with E-state index in [4.69, 9.17) is 0 Å². The number of pyridine rings is 1. The SMILES string of the molecule is Cc1cccc(C(O)Cc2nccs2)n1. The first-order valence-electron chi connectivity index (χ1n) is 4.75. The normalized spacial score (nSPS) is 12.7. The van der Waals surface area contributed by atoms with Crippen LogP contribution in [0.4, 0.5) is 0 Å². The van der Waals surface area contributed by atoms with E-state index in [2.05, 4.69) is 9.97 Å². The molecule has 0 amide bonds. The molecule has 0 fully saturated rings. The lowest BCUT2D eigenvalue weighted by molar-refractivity contribution is 0.173. The minimum atomic E-state index is -0.559. The van der Waals surface area contributed by atoms with Crippen molar-refractivity contribution in [1.82, 2.24) is 9.97 Å². The van der Waals surface area contributed by atoms with Crippen molar-refractivity contribution in [3.63, 3.8) is 0 Å². The molecule has 1 unspecified atom stereocenters. The van der Waals surface area contributed by atoms with Gasteiger partial charge in [0.05, 0.1) is 10.7 Å². The van der Waals surface area contributed by atoms with Crippen LogP contribution in [0.15, 0.2) is 29.8 Å². The molecule has 0 saturated carbocycles. The molecule has 2 aromatic rings. The van der Waals surface area contributed by atoms with Crippen molar-refractivity contribution < 1.29 is 5.11 Å². The van der Waals surface area contributed by atoms with Gasteiger partial charge in [-0.05, 0) is 19.1 Å². The predicted octanol–water partition coefficient (Wildman–Crippen LogP) is 2.12. The van der Waals surface area contributed by atoms with Crippen molar-refractivity contribution in [2.45, 2.75) is 19.4 Å². The minimum absolute atomic E-state index is 0.536. The highest BCUT2D eigenvalue weighted by atomic mass is 32.1. The van der Waals surface area contributed by atoms with E-state index in [-0.39, 0.29) is 0 Å².